The van der Waals surface area contributed by atoms with Crippen LogP contribution in [0.1, 0.15) is 0 Å². The van der Waals surface area contributed by atoms with Crippen LogP contribution in [0, 0.1) is 0 Å². The first-order chi connectivity index (χ1) is 6.00. The molecule has 0 N–H and O–H groups in total. The quantitative estimate of drug-likeness (QED) is 0.396. The molecule has 0 radical (unpaired) electrons. The second kappa shape index (κ2) is 1620. The van der Waals surface area contributed by atoms with E-state index in [1.54, 1.807) is 0 Å². The molecule has 0 aliphatic rings. The van der Waals surface area contributed by atoms with Gasteiger partial charge in [-0.15, -0.1) is 0 Å². The number of rotatable bonds is 0. The minimum Gasteiger partial charge on any atom is -0.857 e. The summed E-state index contributed by atoms with van der Waals surface area (Å²) < 4.78 is 0. The molecule has 8 heteroatoms. The standard InChI is InChI=1S/6CH3O.Mg.Ti/c6*1-2;;/h6*1H3;;/q6*-1;+2;+4. The predicted octanol–water partition coefficient (Wildman–Crippen LogP) is -6.52. The van der Waals surface area contributed by atoms with Crippen LogP contribution in [-0.4, -0.2) is 65.7 Å². The topological polar surface area (TPSA) is 138 Å². The van der Waals surface area contributed by atoms with E-state index >= 15 is 0 Å². The average Bonchev–Trinajstić information content (AvgIpc) is 2.33. The Hall–Kier alpha value is 1.24. The zero-order chi connectivity index (χ0) is 12.0. The van der Waals surface area contributed by atoms with Gasteiger partial charge in [-0.2, -0.15) is 42.7 Å². The summed E-state index contributed by atoms with van der Waals surface area (Å²) in [6.45, 7) is 0. The van der Waals surface area contributed by atoms with Crippen molar-refractivity contribution in [3.63, 3.8) is 0 Å². The zero-order valence-corrected chi connectivity index (χ0v) is 12.6. The zero-order valence-electron chi connectivity index (χ0n) is 9.66. The Bertz CT molecular complexity index is 22.3. The molecular weight excluding hydrogens is 240 g/mol. The third-order valence-electron chi connectivity index (χ3n) is 0. The summed E-state index contributed by atoms with van der Waals surface area (Å²) >= 11 is 0. The largest absolute Gasteiger partial charge is 4.00 e. The first kappa shape index (κ1) is 59.0. The van der Waals surface area contributed by atoms with Gasteiger partial charge in [0, 0.05) is 0 Å². The van der Waals surface area contributed by atoms with Crippen LogP contribution < -0.4 is 30.6 Å². The summed E-state index contributed by atoms with van der Waals surface area (Å²) in [5, 5.41) is 49.5. The minimum atomic E-state index is 0. The van der Waals surface area contributed by atoms with Gasteiger partial charge in [-0.25, -0.2) is 0 Å². The van der Waals surface area contributed by atoms with Crippen molar-refractivity contribution in [1.82, 2.24) is 0 Å². The minimum absolute atomic E-state index is 0. The van der Waals surface area contributed by atoms with Crippen LogP contribution in [0.2, 0.25) is 0 Å². The van der Waals surface area contributed by atoms with E-state index in [-0.39, 0.29) is 44.8 Å². The van der Waals surface area contributed by atoms with Crippen molar-refractivity contribution in [2.45, 2.75) is 0 Å². The van der Waals surface area contributed by atoms with E-state index in [1.807, 2.05) is 0 Å². The predicted molar refractivity (Wildman–Crippen MR) is 41.3 cm³/mol. The summed E-state index contributed by atoms with van der Waals surface area (Å²) in [5.74, 6) is 0. The van der Waals surface area contributed by atoms with Crippen molar-refractivity contribution in [1.29, 1.82) is 0 Å². The monoisotopic (exact) mass is 258 g/mol. The summed E-state index contributed by atoms with van der Waals surface area (Å²) in [6.07, 6.45) is 0. The molecule has 0 unspecified atom stereocenters. The van der Waals surface area contributed by atoms with E-state index in [0.717, 1.165) is 42.7 Å². The maximum absolute atomic E-state index is 8.25. The molecule has 0 aliphatic heterocycles. The van der Waals surface area contributed by atoms with Gasteiger partial charge in [-0.05, 0) is 0 Å². The molecule has 0 heterocycles. The smallest absolute Gasteiger partial charge is 0.857 e. The van der Waals surface area contributed by atoms with Gasteiger partial charge in [0.15, 0.2) is 0 Å². The van der Waals surface area contributed by atoms with E-state index in [1.165, 1.54) is 0 Å². The van der Waals surface area contributed by atoms with Crippen LogP contribution in [0.4, 0.5) is 0 Å². The molecule has 0 amide bonds. The molecule has 0 fully saturated rings. The SMILES string of the molecule is C[O-].C[O-].C[O-].C[O-].C[O-].C[O-].[Mg+2].[Ti+4]. The van der Waals surface area contributed by atoms with Gasteiger partial charge in [-0.3, -0.25) is 0 Å². The summed E-state index contributed by atoms with van der Waals surface area (Å²) in [7, 11) is 4.50. The first-order valence-electron chi connectivity index (χ1n) is 2.45. The van der Waals surface area contributed by atoms with Crippen molar-refractivity contribution in [3.8, 4) is 0 Å². The molecule has 0 aromatic rings. The molecule has 6 nitrogen and oxygen atoms in total. The van der Waals surface area contributed by atoms with Gasteiger partial charge < -0.3 is 30.6 Å². The number of hydrogen-bond acceptors (Lipinski definition) is 6. The fourth-order valence-electron chi connectivity index (χ4n) is 0. The van der Waals surface area contributed by atoms with Crippen molar-refractivity contribution in [2.24, 2.45) is 0 Å². The van der Waals surface area contributed by atoms with Crippen molar-refractivity contribution in [3.05, 3.63) is 0 Å². The Morgan fingerprint density at radius 3 is 0.357 bits per heavy atom. The van der Waals surface area contributed by atoms with Gasteiger partial charge in [-0.1, -0.05) is 0 Å². The molecule has 0 aromatic heterocycles. The van der Waals surface area contributed by atoms with Crippen LogP contribution >= 0.6 is 0 Å². The van der Waals surface area contributed by atoms with E-state index in [2.05, 4.69) is 0 Å². The van der Waals surface area contributed by atoms with Crippen molar-refractivity contribution in [2.75, 3.05) is 42.7 Å². The van der Waals surface area contributed by atoms with Crippen molar-refractivity contribution < 1.29 is 52.4 Å². The van der Waals surface area contributed by atoms with Crippen LogP contribution in [0.5, 0.6) is 0 Å². The van der Waals surface area contributed by atoms with E-state index < -0.39 is 0 Å². The average molecular weight is 258 g/mol. The second-order valence-corrected chi connectivity index (χ2v) is 0. The maximum atomic E-state index is 8.25. The summed E-state index contributed by atoms with van der Waals surface area (Å²) in [4.78, 5) is 0. The molecule has 0 saturated heterocycles. The Morgan fingerprint density at radius 1 is 0.357 bits per heavy atom. The number of hydrogen-bond donors (Lipinski definition) is 0. The fraction of sp³-hybridized carbons (Fsp3) is 1.00. The van der Waals surface area contributed by atoms with Crippen LogP contribution in [0.25, 0.3) is 0 Å². The fourth-order valence-corrected chi connectivity index (χ4v) is 0. The third kappa shape index (κ3) is 1290. The van der Waals surface area contributed by atoms with Gasteiger partial charge in [0.25, 0.3) is 0 Å². The van der Waals surface area contributed by atoms with Crippen LogP contribution in [-0.2, 0) is 21.7 Å². The van der Waals surface area contributed by atoms with Crippen LogP contribution in [0.3, 0.4) is 0 Å². The normalized spacial score (nSPS) is 2.57. The molecule has 84 valence electrons. The van der Waals surface area contributed by atoms with Crippen LogP contribution in [0.15, 0.2) is 0 Å². The van der Waals surface area contributed by atoms with Crippen molar-refractivity contribution >= 4 is 23.1 Å². The van der Waals surface area contributed by atoms with Gasteiger partial charge in [0.05, 0.1) is 0 Å². The second-order valence-electron chi connectivity index (χ2n) is 0. The molecule has 0 rings (SSSR count). The van der Waals surface area contributed by atoms with Gasteiger partial charge in [0.1, 0.15) is 0 Å². The van der Waals surface area contributed by atoms with E-state index in [0.29, 0.717) is 0 Å². The third-order valence-corrected chi connectivity index (χ3v) is 0. The summed E-state index contributed by atoms with van der Waals surface area (Å²) in [5.41, 5.74) is 0. The van der Waals surface area contributed by atoms with E-state index in [4.69, 9.17) is 30.6 Å². The van der Waals surface area contributed by atoms with Gasteiger partial charge >= 0.3 is 44.8 Å². The molecule has 0 bridgehead atoms. The summed E-state index contributed by atoms with van der Waals surface area (Å²) in [6, 6.07) is 0. The molecular formula is C6H18MgO6Ti. The molecule has 0 aliphatic carbocycles. The molecule has 0 saturated carbocycles. The first-order valence-corrected chi connectivity index (χ1v) is 2.45. The maximum Gasteiger partial charge on any atom is 4.00 e. The Kier molecular flexibility index (Phi) is 6830. The molecule has 0 spiro atoms. The molecule has 0 atom stereocenters. The van der Waals surface area contributed by atoms with E-state index in [9.17, 15) is 0 Å². The Balaban J connectivity index is -0.00000000500. The molecule has 0 aromatic carbocycles. The molecule has 14 heavy (non-hydrogen) atoms. The Morgan fingerprint density at radius 2 is 0.357 bits per heavy atom. The Labute approximate surface area is 118 Å². The van der Waals surface area contributed by atoms with Gasteiger partial charge in [0.2, 0.25) is 0 Å².